The number of hydrogen-bond acceptors (Lipinski definition) is 1. The lowest BCUT2D eigenvalue weighted by Gasteiger charge is -2.17. The van der Waals surface area contributed by atoms with Crippen molar-refractivity contribution in [3.05, 3.63) is 71.1 Å². The number of halogens is 1. The molecule has 168 valence electrons. The van der Waals surface area contributed by atoms with Gasteiger partial charge in [-0.15, -0.1) is 0 Å². The molecule has 2 heteroatoms. The average Bonchev–Trinajstić information content (AvgIpc) is 3.56. The van der Waals surface area contributed by atoms with Gasteiger partial charge in [0.1, 0.15) is 11.6 Å². The summed E-state index contributed by atoms with van der Waals surface area (Å²) in [6, 6.07) is 5.33. The van der Waals surface area contributed by atoms with E-state index < -0.39 is 0 Å². The van der Waals surface area contributed by atoms with Crippen LogP contribution < -0.4 is 0 Å². The van der Waals surface area contributed by atoms with Gasteiger partial charge < -0.3 is 0 Å². The van der Waals surface area contributed by atoms with Crippen molar-refractivity contribution in [1.82, 2.24) is 0 Å². The lowest BCUT2D eigenvalue weighted by Crippen LogP contribution is -2.08. The Balaban J connectivity index is 1.51. The molecule has 2 aliphatic rings. The summed E-state index contributed by atoms with van der Waals surface area (Å²) >= 11 is 0. The van der Waals surface area contributed by atoms with Gasteiger partial charge in [-0.25, -0.2) is 4.39 Å². The number of aryl methyl sites for hydroxylation is 1. The molecule has 1 aromatic carbocycles. The van der Waals surface area contributed by atoms with Gasteiger partial charge in [-0.05, 0) is 86.5 Å². The van der Waals surface area contributed by atoms with Crippen LogP contribution in [0.15, 0.2) is 54.2 Å². The number of carbonyl (C=O) groups excluding carboxylic acids is 1. The second kappa shape index (κ2) is 10.1. The predicted octanol–water partition coefficient (Wildman–Crippen LogP) is 8.40. The van der Waals surface area contributed by atoms with Gasteiger partial charge in [-0.2, -0.15) is 0 Å². The number of Topliss-reactive ketones (excluding diaryl/α,β-unsaturated/α-hetero) is 1. The van der Waals surface area contributed by atoms with Crippen LogP contribution in [-0.4, -0.2) is 5.78 Å². The molecule has 2 fully saturated rings. The van der Waals surface area contributed by atoms with Crippen molar-refractivity contribution >= 4 is 5.78 Å². The first kappa shape index (κ1) is 23.7. The van der Waals surface area contributed by atoms with Crippen LogP contribution in [-0.2, 0) is 4.79 Å². The minimum atomic E-state index is -0.168. The van der Waals surface area contributed by atoms with Crippen molar-refractivity contribution in [3.8, 4) is 0 Å². The first-order valence-electron chi connectivity index (χ1n) is 12.2. The zero-order valence-corrected chi connectivity index (χ0v) is 19.8. The molecule has 31 heavy (non-hydrogen) atoms. The fraction of sp³-hybridized carbons (Fsp3) is 0.552. The predicted molar refractivity (Wildman–Crippen MR) is 129 cm³/mol. The second-order valence-electron chi connectivity index (χ2n) is 9.76. The largest absolute Gasteiger partial charge is 0.300 e. The van der Waals surface area contributed by atoms with Crippen LogP contribution in [0.2, 0.25) is 0 Å². The van der Waals surface area contributed by atoms with Gasteiger partial charge >= 0.3 is 0 Å². The molecular weight excluding hydrogens is 383 g/mol. The molecule has 0 bridgehead atoms. The van der Waals surface area contributed by atoms with E-state index >= 15 is 0 Å². The Morgan fingerprint density at radius 2 is 2.03 bits per heavy atom. The molecule has 2 saturated carbocycles. The van der Waals surface area contributed by atoms with E-state index in [0.717, 1.165) is 31.2 Å². The summed E-state index contributed by atoms with van der Waals surface area (Å²) in [5.41, 5.74) is 4.12. The maximum absolute atomic E-state index is 13.6. The first-order valence-corrected chi connectivity index (χ1v) is 12.2. The van der Waals surface area contributed by atoms with Gasteiger partial charge in [0.15, 0.2) is 0 Å². The van der Waals surface area contributed by atoms with Gasteiger partial charge in [0.05, 0.1) is 0 Å². The molecule has 1 atom stereocenters. The summed E-state index contributed by atoms with van der Waals surface area (Å²) < 4.78 is 13.6. The molecule has 1 aromatic rings. The number of fused-ring (bicyclic) bond motifs is 1. The quantitative estimate of drug-likeness (QED) is 0.292. The van der Waals surface area contributed by atoms with Crippen LogP contribution in [0.5, 0.6) is 0 Å². The van der Waals surface area contributed by atoms with Crippen LogP contribution in [0.1, 0.15) is 95.6 Å². The maximum Gasteiger partial charge on any atom is 0.133 e. The van der Waals surface area contributed by atoms with Crippen molar-refractivity contribution in [2.45, 2.75) is 91.4 Å². The van der Waals surface area contributed by atoms with Crippen molar-refractivity contribution in [2.75, 3.05) is 0 Å². The molecule has 0 aromatic heterocycles. The van der Waals surface area contributed by atoms with E-state index in [0.29, 0.717) is 35.0 Å². The fourth-order valence-corrected chi connectivity index (χ4v) is 5.46. The highest BCUT2D eigenvalue weighted by Gasteiger charge is 2.82. The molecule has 3 rings (SSSR count). The SMILES string of the molecule is C\C=C/C(=C\C=C\CC)C12CC1(CCCC(=O)CC(CCC)c1ccc(F)c(C)c1)C2. The number of allylic oxidation sites excluding steroid dienone is 6. The van der Waals surface area contributed by atoms with Crippen molar-refractivity contribution in [3.63, 3.8) is 0 Å². The minimum absolute atomic E-state index is 0.168. The molecule has 1 unspecified atom stereocenters. The maximum atomic E-state index is 13.6. The van der Waals surface area contributed by atoms with Crippen LogP contribution in [0, 0.1) is 23.6 Å². The highest BCUT2D eigenvalue weighted by molar-refractivity contribution is 5.79. The number of benzene rings is 1. The van der Waals surface area contributed by atoms with E-state index in [1.165, 1.54) is 24.8 Å². The Bertz CT molecular complexity index is 867. The van der Waals surface area contributed by atoms with Crippen LogP contribution in [0.4, 0.5) is 4.39 Å². The monoisotopic (exact) mass is 422 g/mol. The molecule has 0 spiro atoms. The average molecular weight is 423 g/mol. The van der Waals surface area contributed by atoms with Crippen LogP contribution in [0.3, 0.4) is 0 Å². The van der Waals surface area contributed by atoms with Gasteiger partial charge in [0.2, 0.25) is 0 Å². The third-order valence-electron chi connectivity index (χ3n) is 7.47. The summed E-state index contributed by atoms with van der Waals surface area (Å²) in [7, 11) is 0. The second-order valence-corrected chi connectivity index (χ2v) is 9.76. The lowest BCUT2D eigenvalue weighted by molar-refractivity contribution is -0.119. The Hall–Kier alpha value is -1.96. The first-order chi connectivity index (χ1) is 14.9. The lowest BCUT2D eigenvalue weighted by atomic mass is 9.87. The summed E-state index contributed by atoms with van der Waals surface area (Å²) in [5.74, 6) is 0.405. The molecule has 1 nitrogen and oxygen atoms in total. The van der Waals surface area contributed by atoms with E-state index in [4.69, 9.17) is 0 Å². The van der Waals surface area contributed by atoms with E-state index in [2.05, 4.69) is 51.2 Å². The highest BCUT2D eigenvalue weighted by Crippen LogP contribution is 2.90. The molecular formula is C29H39FO. The molecule has 0 saturated heterocycles. The Morgan fingerprint density at radius 3 is 2.68 bits per heavy atom. The third-order valence-corrected chi connectivity index (χ3v) is 7.47. The minimum Gasteiger partial charge on any atom is -0.300 e. The van der Waals surface area contributed by atoms with E-state index in [1.54, 1.807) is 13.0 Å². The summed E-state index contributed by atoms with van der Waals surface area (Å²) in [5, 5.41) is 0. The highest BCUT2D eigenvalue weighted by atomic mass is 19.1. The van der Waals surface area contributed by atoms with Gasteiger partial charge in [-0.1, -0.05) is 62.8 Å². The van der Waals surface area contributed by atoms with E-state index in [9.17, 15) is 9.18 Å². The summed E-state index contributed by atoms with van der Waals surface area (Å²) in [6.07, 6.45) is 20.2. The van der Waals surface area contributed by atoms with E-state index in [1.807, 2.05) is 12.1 Å². The normalized spacial score (nSPS) is 25.8. The number of ketones is 1. The van der Waals surface area contributed by atoms with E-state index in [-0.39, 0.29) is 11.7 Å². The number of rotatable bonds is 13. The molecule has 0 N–H and O–H groups in total. The standard InChI is InChI=1S/C29H39FO/c1-5-8-9-13-25(12-7-3)29-20-28(29,21-29)17-10-14-26(31)19-23(11-6-2)24-15-16-27(30)22(4)18-24/h7-9,12-13,15-16,18,23H,5-6,10-11,14,17,19-21H2,1-4H3/b9-8+,12-7-,25-13+. The van der Waals surface area contributed by atoms with Crippen LogP contribution >= 0.6 is 0 Å². The number of carbonyl (C=O) groups is 1. The molecule has 0 amide bonds. The fourth-order valence-electron chi connectivity index (χ4n) is 5.46. The zero-order valence-electron chi connectivity index (χ0n) is 19.8. The summed E-state index contributed by atoms with van der Waals surface area (Å²) in [4.78, 5) is 12.8. The third kappa shape index (κ3) is 5.27. The Morgan fingerprint density at radius 1 is 1.26 bits per heavy atom. The zero-order chi connectivity index (χ0) is 22.5. The molecule has 0 aliphatic heterocycles. The Kier molecular flexibility index (Phi) is 7.73. The Labute approximate surface area is 188 Å². The van der Waals surface area contributed by atoms with Gasteiger partial charge in [0.25, 0.3) is 0 Å². The molecule has 2 aliphatic carbocycles. The smallest absolute Gasteiger partial charge is 0.133 e. The van der Waals surface area contributed by atoms with Crippen LogP contribution in [0.25, 0.3) is 0 Å². The topological polar surface area (TPSA) is 17.1 Å². The van der Waals surface area contributed by atoms with Gasteiger partial charge in [-0.3, -0.25) is 4.79 Å². The van der Waals surface area contributed by atoms with Crippen molar-refractivity contribution in [2.24, 2.45) is 10.8 Å². The summed E-state index contributed by atoms with van der Waals surface area (Å²) in [6.45, 7) is 8.21. The van der Waals surface area contributed by atoms with Gasteiger partial charge in [0, 0.05) is 18.3 Å². The molecule has 0 radical (unpaired) electrons. The van der Waals surface area contributed by atoms with Crippen molar-refractivity contribution < 1.29 is 9.18 Å². The number of hydrogen-bond donors (Lipinski definition) is 0. The van der Waals surface area contributed by atoms with Crippen molar-refractivity contribution in [1.29, 1.82) is 0 Å². The molecule has 0 heterocycles.